The Balaban J connectivity index is 1.65. The van der Waals surface area contributed by atoms with Gasteiger partial charge in [0.05, 0.1) is 0 Å². The fourth-order valence-electron chi connectivity index (χ4n) is 3.20. The van der Waals surface area contributed by atoms with E-state index in [9.17, 15) is 9.59 Å². The van der Waals surface area contributed by atoms with Crippen LogP contribution in [0.5, 0.6) is 0 Å². The van der Waals surface area contributed by atoms with Gasteiger partial charge in [-0.25, -0.2) is 0 Å². The standard InChI is InChI=1S/C15H28N4O2S/c16-11-13(12-3-1-2-4-12)18-15(21)14(20)17-5-6-19-7-9-22-10-8-19/h12-13H,1-11,16H2,(H,17,20)(H,18,21). The van der Waals surface area contributed by atoms with Crippen LogP contribution in [0.1, 0.15) is 25.7 Å². The van der Waals surface area contributed by atoms with Crippen molar-refractivity contribution in [2.45, 2.75) is 31.7 Å². The van der Waals surface area contributed by atoms with E-state index in [2.05, 4.69) is 15.5 Å². The van der Waals surface area contributed by atoms with Crippen molar-refractivity contribution in [2.24, 2.45) is 11.7 Å². The van der Waals surface area contributed by atoms with Crippen molar-refractivity contribution in [2.75, 3.05) is 44.2 Å². The van der Waals surface area contributed by atoms with Crippen LogP contribution in [0, 0.1) is 5.92 Å². The van der Waals surface area contributed by atoms with E-state index in [0.717, 1.165) is 44.0 Å². The van der Waals surface area contributed by atoms with Crippen molar-refractivity contribution < 1.29 is 9.59 Å². The van der Waals surface area contributed by atoms with Gasteiger partial charge in [-0.2, -0.15) is 11.8 Å². The molecule has 1 atom stereocenters. The molecule has 1 saturated heterocycles. The molecule has 2 amide bonds. The molecule has 0 aromatic carbocycles. The van der Waals surface area contributed by atoms with Crippen molar-refractivity contribution >= 4 is 23.6 Å². The number of nitrogens with zero attached hydrogens (tertiary/aromatic N) is 1. The van der Waals surface area contributed by atoms with E-state index in [1.54, 1.807) is 0 Å². The van der Waals surface area contributed by atoms with E-state index < -0.39 is 11.8 Å². The van der Waals surface area contributed by atoms with Crippen molar-refractivity contribution in [3.63, 3.8) is 0 Å². The van der Waals surface area contributed by atoms with Crippen molar-refractivity contribution in [3.8, 4) is 0 Å². The summed E-state index contributed by atoms with van der Waals surface area (Å²) in [5.41, 5.74) is 5.74. The maximum Gasteiger partial charge on any atom is 0.309 e. The summed E-state index contributed by atoms with van der Waals surface area (Å²) >= 11 is 1.96. The Morgan fingerprint density at radius 2 is 1.86 bits per heavy atom. The van der Waals surface area contributed by atoms with Crippen LogP contribution in [0.15, 0.2) is 0 Å². The molecule has 1 unspecified atom stereocenters. The quantitative estimate of drug-likeness (QED) is 0.587. The van der Waals surface area contributed by atoms with Gasteiger partial charge >= 0.3 is 11.8 Å². The number of carbonyl (C=O) groups excluding carboxylic acids is 2. The van der Waals surface area contributed by atoms with Crippen LogP contribution in [0.25, 0.3) is 0 Å². The van der Waals surface area contributed by atoms with Gasteiger partial charge in [0.2, 0.25) is 0 Å². The number of nitrogens with one attached hydrogen (secondary N) is 2. The molecular weight excluding hydrogens is 300 g/mol. The summed E-state index contributed by atoms with van der Waals surface area (Å²) in [6, 6.07) is -0.0696. The number of nitrogens with two attached hydrogens (primary N) is 1. The zero-order valence-corrected chi connectivity index (χ0v) is 14.0. The summed E-state index contributed by atoms with van der Waals surface area (Å²) in [4.78, 5) is 26.1. The zero-order valence-electron chi connectivity index (χ0n) is 13.2. The van der Waals surface area contributed by atoms with Crippen LogP contribution in [0.2, 0.25) is 0 Å². The molecule has 2 fully saturated rings. The van der Waals surface area contributed by atoms with Gasteiger partial charge in [0, 0.05) is 50.3 Å². The van der Waals surface area contributed by atoms with Gasteiger partial charge in [-0.1, -0.05) is 12.8 Å². The molecule has 1 aliphatic heterocycles. The summed E-state index contributed by atoms with van der Waals surface area (Å²) < 4.78 is 0. The smallest absolute Gasteiger partial charge is 0.309 e. The third-order valence-electron chi connectivity index (χ3n) is 4.56. The van der Waals surface area contributed by atoms with Gasteiger partial charge in [-0.05, 0) is 18.8 Å². The molecule has 0 spiro atoms. The molecule has 2 aliphatic rings. The molecule has 126 valence electrons. The Labute approximate surface area is 136 Å². The maximum atomic E-state index is 12.0. The minimum Gasteiger partial charge on any atom is -0.347 e. The van der Waals surface area contributed by atoms with Gasteiger partial charge in [0.25, 0.3) is 0 Å². The molecular formula is C15H28N4O2S. The number of carbonyl (C=O) groups is 2. The molecule has 0 radical (unpaired) electrons. The lowest BCUT2D eigenvalue weighted by molar-refractivity contribution is -0.139. The van der Waals surface area contributed by atoms with E-state index >= 15 is 0 Å². The lowest BCUT2D eigenvalue weighted by Crippen LogP contribution is -2.50. The van der Waals surface area contributed by atoms with Crippen LogP contribution in [-0.2, 0) is 9.59 Å². The third kappa shape index (κ3) is 5.44. The number of rotatable bonds is 6. The molecule has 0 aromatic rings. The van der Waals surface area contributed by atoms with Crippen LogP contribution in [0.3, 0.4) is 0 Å². The first-order valence-corrected chi connectivity index (χ1v) is 9.45. The molecule has 2 rings (SSSR count). The van der Waals surface area contributed by atoms with E-state index in [1.807, 2.05) is 11.8 Å². The van der Waals surface area contributed by atoms with Crippen molar-refractivity contribution in [1.82, 2.24) is 15.5 Å². The summed E-state index contributed by atoms with van der Waals surface area (Å²) in [7, 11) is 0. The highest BCUT2D eigenvalue weighted by Gasteiger charge is 2.27. The summed E-state index contributed by atoms with van der Waals surface area (Å²) in [5, 5.41) is 5.51. The Kier molecular flexibility index (Phi) is 7.48. The van der Waals surface area contributed by atoms with Crippen molar-refractivity contribution in [1.29, 1.82) is 0 Å². The van der Waals surface area contributed by atoms with Crippen LogP contribution in [-0.4, -0.2) is 67.0 Å². The van der Waals surface area contributed by atoms with E-state index in [-0.39, 0.29) is 6.04 Å². The maximum absolute atomic E-state index is 12.0. The molecule has 1 aliphatic carbocycles. The molecule has 0 aromatic heterocycles. The van der Waals surface area contributed by atoms with Gasteiger partial charge < -0.3 is 16.4 Å². The topological polar surface area (TPSA) is 87.5 Å². The minimum atomic E-state index is -0.545. The highest BCUT2D eigenvalue weighted by atomic mass is 32.2. The predicted molar refractivity (Wildman–Crippen MR) is 89.7 cm³/mol. The second-order valence-electron chi connectivity index (χ2n) is 6.07. The van der Waals surface area contributed by atoms with Crippen LogP contribution < -0.4 is 16.4 Å². The Morgan fingerprint density at radius 1 is 1.18 bits per heavy atom. The fraction of sp³-hybridized carbons (Fsp3) is 0.867. The predicted octanol–water partition coefficient (Wildman–Crippen LogP) is -0.215. The highest BCUT2D eigenvalue weighted by molar-refractivity contribution is 7.99. The lowest BCUT2D eigenvalue weighted by atomic mass is 9.98. The number of amides is 2. The monoisotopic (exact) mass is 328 g/mol. The molecule has 0 bridgehead atoms. The first kappa shape index (κ1) is 17.6. The Hall–Kier alpha value is -0.790. The SMILES string of the molecule is NCC(NC(=O)C(=O)NCCN1CCSCC1)C1CCCC1. The summed E-state index contributed by atoms with van der Waals surface area (Å²) in [5.74, 6) is 1.63. The zero-order chi connectivity index (χ0) is 15.8. The molecule has 6 nitrogen and oxygen atoms in total. The minimum absolute atomic E-state index is 0.0696. The average molecular weight is 328 g/mol. The average Bonchev–Trinajstić information content (AvgIpc) is 3.07. The van der Waals surface area contributed by atoms with Gasteiger partial charge in [-0.3, -0.25) is 14.5 Å². The lowest BCUT2D eigenvalue weighted by Gasteiger charge is -2.26. The summed E-state index contributed by atoms with van der Waals surface area (Å²) in [6.07, 6.45) is 4.57. The van der Waals surface area contributed by atoms with E-state index in [4.69, 9.17) is 5.73 Å². The molecule has 7 heteroatoms. The van der Waals surface area contributed by atoms with E-state index in [1.165, 1.54) is 12.8 Å². The second kappa shape index (κ2) is 9.37. The number of hydrogen-bond acceptors (Lipinski definition) is 5. The molecule has 4 N–H and O–H groups in total. The molecule has 1 saturated carbocycles. The fourth-order valence-corrected chi connectivity index (χ4v) is 4.17. The van der Waals surface area contributed by atoms with Gasteiger partial charge in [-0.15, -0.1) is 0 Å². The van der Waals surface area contributed by atoms with Crippen molar-refractivity contribution in [3.05, 3.63) is 0 Å². The van der Waals surface area contributed by atoms with Gasteiger partial charge in [0.15, 0.2) is 0 Å². The first-order valence-electron chi connectivity index (χ1n) is 8.29. The normalized spacial score (nSPS) is 21.5. The molecule has 22 heavy (non-hydrogen) atoms. The highest BCUT2D eigenvalue weighted by Crippen LogP contribution is 2.27. The van der Waals surface area contributed by atoms with Crippen LogP contribution >= 0.6 is 11.8 Å². The second-order valence-corrected chi connectivity index (χ2v) is 7.29. The van der Waals surface area contributed by atoms with E-state index in [0.29, 0.717) is 19.0 Å². The Morgan fingerprint density at radius 3 is 2.50 bits per heavy atom. The Bertz CT molecular complexity index is 369. The van der Waals surface area contributed by atoms with Crippen LogP contribution in [0.4, 0.5) is 0 Å². The molecule has 1 heterocycles. The number of hydrogen-bond donors (Lipinski definition) is 3. The van der Waals surface area contributed by atoms with Gasteiger partial charge in [0.1, 0.15) is 0 Å². The number of thioether (sulfide) groups is 1. The third-order valence-corrected chi connectivity index (χ3v) is 5.51. The summed E-state index contributed by atoms with van der Waals surface area (Å²) in [6.45, 7) is 3.85. The first-order chi connectivity index (χ1) is 10.7. The largest absolute Gasteiger partial charge is 0.347 e.